The van der Waals surface area contributed by atoms with E-state index in [0.29, 0.717) is 39.8 Å². The number of carbonyl (C=O) groups is 3. The monoisotopic (exact) mass is 457 g/mol. The fraction of sp³-hybridized carbons (Fsp3) is 0.115. The van der Waals surface area contributed by atoms with Crippen molar-refractivity contribution in [1.29, 1.82) is 0 Å². The number of carbonyl (C=O) groups excluding carboxylic acids is 3. The van der Waals surface area contributed by atoms with Crippen LogP contribution in [0, 0.1) is 0 Å². The van der Waals surface area contributed by atoms with Crippen LogP contribution in [-0.4, -0.2) is 24.3 Å². The van der Waals surface area contributed by atoms with Gasteiger partial charge in [-0.15, -0.1) is 0 Å². The summed E-state index contributed by atoms with van der Waals surface area (Å²) in [7, 11) is 0. The molecule has 0 atom stereocenters. The molecule has 0 aromatic heterocycles. The third-order valence-corrected chi connectivity index (χ3v) is 6.12. The largest absolute Gasteiger partial charge is 0.336 e. The van der Waals surface area contributed by atoms with Crippen LogP contribution in [0.1, 0.15) is 18.1 Å². The van der Waals surface area contributed by atoms with Crippen LogP contribution in [0.25, 0.3) is 5.57 Å². The van der Waals surface area contributed by atoms with Crippen LogP contribution in [0.4, 0.5) is 17.1 Å². The van der Waals surface area contributed by atoms with Crippen molar-refractivity contribution in [2.75, 3.05) is 21.7 Å². The molecule has 0 radical (unpaired) electrons. The van der Waals surface area contributed by atoms with Crippen molar-refractivity contribution in [3.8, 4) is 0 Å². The quantitative estimate of drug-likeness (QED) is 0.579. The first-order valence-corrected chi connectivity index (χ1v) is 10.9. The second-order valence-corrected chi connectivity index (χ2v) is 8.32. The minimum absolute atomic E-state index is 0.187. The Kier molecular flexibility index (Phi) is 5.23. The minimum Gasteiger partial charge on any atom is -0.336 e. The minimum atomic E-state index is -0.431. The van der Waals surface area contributed by atoms with E-state index in [1.54, 1.807) is 48.5 Å². The Bertz CT molecular complexity index is 1330. The first kappa shape index (κ1) is 21.0. The summed E-state index contributed by atoms with van der Waals surface area (Å²) in [5, 5.41) is 3.04. The summed E-state index contributed by atoms with van der Waals surface area (Å²) in [6, 6.07) is 21.6. The molecule has 0 aliphatic carbocycles. The molecule has 2 aliphatic rings. The molecule has 2 aliphatic heterocycles. The number of imide groups is 1. The van der Waals surface area contributed by atoms with Gasteiger partial charge in [-0.1, -0.05) is 54.1 Å². The van der Waals surface area contributed by atoms with Crippen LogP contribution in [0.5, 0.6) is 0 Å². The normalized spacial score (nSPS) is 15.3. The smallest absolute Gasteiger partial charge is 0.282 e. The number of hydrogen-bond acceptors (Lipinski definition) is 4. The molecule has 0 bridgehead atoms. The van der Waals surface area contributed by atoms with E-state index in [-0.39, 0.29) is 5.91 Å². The Balaban J connectivity index is 1.65. The van der Waals surface area contributed by atoms with Gasteiger partial charge in [-0.3, -0.25) is 14.4 Å². The number of rotatable bonds is 4. The molecule has 7 heteroatoms. The molecule has 0 saturated carbocycles. The fourth-order valence-corrected chi connectivity index (χ4v) is 4.59. The van der Waals surface area contributed by atoms with Crippen LogP contribution in [-0.2, 0) is 20.8 Å². The van der Waals surface area contributed by atoms with Gasteiger partial charge in [-0.2, -0.15) is 0 Å². The molecule has 33 heavy (non-hydrogen) atoms. The lowest BCUT2D eigenvalue weighted by Gasteiger charge is -2.22. The molecular weight excluding hydrogens is 438 g/mol. The van der Waals surface area contributed by atoms with E-state index < -0.39 is 11.8 Å². The second-order valence-electron chi connectivity index (χ2n) is 7.91. The standard InChI is InChI=1S/C26H20ClN3O3/c1-16(31)28-19-12-10-18(11-13-19)23-24(29-15-14-17-6-2-4-8-21(17)29)26(33)30(25(23)32)22-9-5-3-7-20(22)27/h2-13H,14-15H2,1H3,(H,28,31). The number of halogens is 1. The summed E-state index contributed by atoms with van der Waals surface area (Å²) >= 11 is 6.37. The van der Waals surface area contributed by atoms with Crippen molar-refractivity contribution in [3.05, 3.63) is 94.6 Å². The van der Waals surface area contributed by atoms with Crippen LogP contribution in [0.15, 0.2) is 78.5 Å². The highest BCUT2D eigenvalue weighted by molar-refractivity contribution is 6.48. The number of nitrogens with zero attached hydrogens (tertiary/aromatic N) is 2. The summed E-state index contributed by atoms with van der Waals surface area (Å²) in [6.45, 7) is 2.03. The molecule has 3 aromatic carbocycles. The highest BCUT2D eigenvalue weighted by Gasteiger charge is 2.44. The lowest BCUT2D eigenvalue weighted by molar-refractivity contribution is -0.120. The number of nitrogens with one attached hydrogen (secondary N) is 1. The molecule has 1 N–H and O–H groups in total. The van der Waals surface area contributed by atoms with E-state index in [0.717, 1.165) is 22.6 Å². The molecule has 0 fully saturated rings. The number of fused-ring (bicyclic) bond motifs is 1. The maximum absolute atomic E-state index is 13.8. The second kappa shape index (κ2) is 8.22. The predicted molar refractivity (Wildman–Crippen MR) is 129 cm³/mol. The lowest BCUT2D eigenvalue weighted by Crippen LogP contribution is -2.35. The van der Waals surface area contributed by atoms with Crippen molar-refractivity contribution >= 4 is 52.0 Å². The molecule has 3 amide bonds. The first-order chi connectivity index (χ1) is 16.0. The molecule has 0 spiro atoms. The van der Waals surface area contributed by atoms with Crippen molar-refractivity contribution < 1.29 is 14.4 Å². The highest BCUT2D eigenvalue weighted by Crippen LogP contribution is 2.41. The summed E-state index contributed by atoms with van der Waals surface area (Å²) in [4.78, 5) is 41.9. The Morgan fingerprint density at radius 3 is 2.24 bits per heavy atom. The van der Waals surface area contributed by atoms with E-state index in [4.69, 9.17) is 11.6 Å². The molecule has 5 rings (SSSR count). The Hall–Kier alpha value is -3.90. The third-order valence-electron chi connectivity index (χ3n) is 5.80. The molecule has 0 unspecified atom stereocenters. The Labute approximate surface area is 196 Å². The molecular formula is C26H20ClN3O3. The number of amides is 3. The summed E-state index contributed by atoms with van der Waals surface area (Å²) < 4.78 is 0. The van der Waals surface area contributed by atoms with Gasteiger partial charge in [-0.25, -0.2) is 4.90 Å². The van der Waals surface area contributed by atoms with Gasteiger partial charge in [-0.05, 0) is 47.9 Å². The highest BCUT2D eigenvalue weighted by atomic mass is 35.5. The van der Waals surface area contributed by atoms with Crippen LogP contribution in [0.2, 0.25) is 5.02 Å². The van der Waals surface area contributed by atoms with Crippen LogP contribution < -0.4 is 15.1 Å². The van der Waals surface area contributed by atoms with Crippen molar-refractivity contribution in [3.63, 3.8) is 0 Å². The molecule has 2 heterocycles. The van der Waals surface area contributed by atoms with Gasteiger partial charge in [0.2, 0.25) is 5.91 Å². The fourth-order valence-electron chi connectivity index (χ4n) is 4.37. The topological polar surface area (TPSA) is 69.7 Å². The predicted octanol–water partition coefficient (Wildman–Crippen LogP) is 4.65. The molecule has 0 saturated heterocycles. The Morgan fingerprint density at radius 2 is 1.55 bits per heavy atom. The van der Waals surface area contributed by atoms with Gasteiger partial charge in [0.15, 0.2) is 0 Å². The Morgan fingerprint density at radius 1 is 0.879 bits per heavy atom. The van der Waals surface area contributed by atoms with E-state index in [9.17, 15) is 14.4 Å². The average molecular weight is 458 g/mol. The van der Waals surface area contributed by atoms with E-state index in [2.05, 4.69) is 5.32 Å². The molecule has 3 aromatic rings. The zero-order chi connectivity index (χ0) is 23.1. The van der Waals surface area contributed by atoms with Gasteiger partial charge in [0.1, 0.15) is 5.70 Å². The summed E-state index contributed by atoms with van der Waals surface area (Å²) in [6.07, 6.45) is 0.780. The van der Waals surface area contributed by atoms with Gasteiger partial charge in [0.25, 0.3) is 11.8 Å². The van der Waals surface area contributed by atoms with Crippen LogP contribution in [0.3, 0.4) is 0 Å². The average Bonchev–Trinajstić information content (AvgIpc) is 3.33. The van der Waals surface area contributed by atoms with Gasteiger partial charge in [0, 0.05) is 24.8 Å². The number of anilines is 3. The van der Waals surface area contributed by atoms with E-state index >= 15 is 0 Å². The van der Waals surface area contributed by atoms with Gasteiger partial charge >= 0.3 is 0 Å². The molecule has 6 nitrogen and oxygen atoms in total. The van der Waals surface area contributed by atoms with E-state index in [1.807, 2.05) is 29.2 Å². The summed E-state index contributed by atoms with van der Waals surface area (Å²) in [5.74, 6) is -1.03. The number of hydrogen-bond donors (Lipinski definition) is 1. The first-order valence-electron chi connectivity index (χ1n) is 10.6. The van der Waals surface area contributed by atoms with Crippen LogP contribution >= 0.6 is 11.6 Å². The van der Waals surface area contributed by atoms with Crippen molar-refractivity contribution in [1.82, 2.24) is 0 Å². The molecule has 164 valence electrons. The number of para-hydroxylation sites is 2. The zero-order valence-electron chi connectivity index (χ0n) is 17.8. The van der Waals surface area contributed by atoms with Gasteiger partial charge < -0.3 is 10.2 Å². The number of benzene rings is 3. The van der Waals surface area contributed by atoms with Gasteiger partial charge in [0.05, 0.1) is 16.3 Å². The maximum Gasteiger partial charge on any atom is 0.282 e. The zero-order valence-corrected chi connectivity index (χ0v) is 18.6. The maximum atomic E-state index is 13.8. The SMILES string of the molecule is CC(=O)Nc1ccc(C2=C(N3CCc4ccccc43)C(=O)N(c3ccccc3Cl)C2=O)cc1. The van der Waals surface area contributed by atoms with Crippen molar-refractivity contribution in [2.24, 2.45) is 0 Å². The summed E-state index contributed by atoms with van der Waals surface area (Å²) in [5.41, 5.74) is 4.24. The van der Waals surface area contributed by atoms with E-state index in [1.165, 1.54) is 6.92 Å². The lowest BCUT2D eigenvalue weighted by atomic mass is 10.0. The third kappa shape index (κ3) is 3.58. The van der Waals surface area contributed by atoms with Crippen molar-refractivity contribution in [2.45, 2.75) is 13.3 Å².